The molecule has 1 saturated carbocycles. The number of halogens is 3. The summed E-state index contributed by atoms with van der Waals surface area (Å²) in [6.45, 7) is -0.138. The Morgan fingerprint density at radius 2 is 1.97 bits per heavy atom. The third kappa shape index (κ3) is 4.52. The fourth-order valence-corrected chi connectivity index (χ4v) is 4.69. The molecule has 13 heteroatoms. The van der Waals surface area contributed by atoms with Crippen LogP contribution in [0.4, 0.5) is 24.5 Å². The number of carboxylic acids is 1. The maximum atomic E-state index is 14.7. The Morgan fingerprint density at radius 3 is 2.69 bits per heavy atom. The Bertz CT molecular complexity index is 1320. The average Bonchev–Trinajstić information content (AvgIpc) is 3.57. The molecule has 2 atom stereocenters. The van der Waals surface area contributed by atoms with Gasteiger partial charge in [0.05, 0.1) is 29.7 Å². The van der Waals surface area contributed by atoms with Crippen molar-refractivity contribution in [2.75, 3.05) is 16.8 Å². The lowest BCUT2D eigenvalue weighted by molar-refractivity contribution is 0.0675. The maximum absolute atomic E-state index is 14.7. The van der Waals surface area contributed by atoms with Crippen molar-refractivity contribution in [1.82, 2.24) is 4.98 Å². The molecule has 1 aliphatic carbocycles. The predicted octanol–water partition coefficient (Wildman–Crippen LogP) is 3.83. The van der Waals surface area contributed by atoms with Gasteiger partial charge in [-0.25, -0.2) is 22.9 Å². The number of rotatable bonds is 8. The van der Waals surface area contributed by atoms with E-state index in [1.54, 1.807) is 0 Å². The summed E-state index contributed by atoms with van der Waals surface area (Å²) in [5.74, 6) is -4.24. The molecule has 0 spiro atoms. The molecule has 190 valence electrons. The van der Waals surface area contributed by atoms with Crippen LogP contribution in [0.3, 0.4) is 0 Å². The van der Waals surface area contributed by atoms with Gasteiger partial charge < -0.3 is 30.1 Å². The van der Waals surface area contributed by atoms with Gasteiger partial charge in [0.1, 0.15) is 17.2 Å². The van der Waals surface area contributed by atoms with E-state index in [9.17, 15) is 33.3 Å². The SMILES string of the molecule is O=C(O)c1scc2c1C(O)N(c1cc(OCc3c(OCC4CC4)ccc(F)c3F)ncc1F)C(O)N2. The number of thiophene rings is 1. The zero-order chi connectivity index (χ0) is 25.6. The first kappa shape index (κ1) is 24.2. The number of nitrogens with zero attached hydrogens (tertiary/aromatic N) is 2. The van der Waals surface area contributed by atoms with Gasteiger partial charge in [0, 0.05) is 17.0 Å². The quantitative estimate of drug-likeness (QED) is 0.349. The molecule has 1 aromatic carbocycles. The average molecular weight is 523 g/mol. The summed E-state index contributed by atoms with van der Waals surface area (Å²) in [5.41, 5.74) is -0.404. The molecule has 2 unspecified atom stereocenters. The van der Waals surface area contributed by atoms with Gasteiger partial charge in [0.25, 0.3) is 0 Å². The van der Waals surface area contributed by atoms with Gasteiger partial charge in [-0.15, -0.1) is 11.3 Å². The van der Waals surface area contributed by atoms with Crippen LogP contribution in [0.25, 0.3) is 0 Å². The Hall–Kier alpha value is -3.55. The largest absolute Gasteiger partial charge is 0.493 e. The number of aromatic nitrogens is 1. The molecular weight excluding hydrogens is 503 g/mol. The monoisotopic (exact) mass is 523 g/mol. The van der Waals surface area contributed by atoms with E-state index in [1.165, 1.54) is 11.4 Å². The first-order valence-corrected chi connectivity index (χ1v) is 11.8. The zero-order valence-corrected chi connectivity index (χ0v) is 19.3. The second-order valence-corrected chi connectivity index (χ2v) is 9.23. The molecule has 3 aromatic rings. The van der Waals surface area contributed by atoms with Crippen molar-refractivity contribution in [3.05, 3.63) is 63.2 Å². The van der Waals surface area contributed by atoms with Crippen molar-refractivity contribution in [3.8, 4) is 11.6 Å². The van der Waals surface area contributed by atoms with Crippen LogP contribution in [0, 0.1) is 23.4 Å². The lowest BCUT2D eigenvalue weighted by Crippen LogP contribution is -2.47. The fraction of sp³-hybridized carbons (Fsp3) is 0.304. The van der Waals surface area contributed by atoms with Crippen LogP contribution >= 0.6 is 11.3 Å². The Balaban J connectivity index is 1.40. The molecule has 0 bridgehead atoms. The van der Waals surface area contributed by atoms with E-state index in [0.29, 0.717) is 12.5 Å². The number of carboxylic acid groups (broad SMARTS) is 1. The summed E-state index contributed by atoms with van der Waals surface area (Å²) in [7, 11) is 0. The maximum Gasteiger partial charge on any atom is 0.346 e. The Morgan fingerprint density at radius 1 is 1.19 bits per heavy atom. The minimum atomic E-state index is -1.72. The fourth-order valence-electron chi connectivity index (χ4n) is 3.82. The van der Waals surface area contributed by atoms with Crippen LogP contribution in [0.2, 0.25) is 0 Å². The molecule has 0 saturated heterocycles. The summed E-state index contributed by atoms with van der Waals surface area (Å²) in [4.78, 5) is 15.9. The highest BCUT2D eigenvalue weighted by atomic mass is 32.1. The summed E-state index contributed by atoms with van der Waals surface area (Å²) in [6, 6.07) is 3.29. The van der Waals surface area contributed by atoms with E-state index in [0.717, 1.165) is 47.4 Å². The van der Waals surface area contributed by atoms with E-state index in [-0.39, 0.29) is 39.0 Å². The van der Waals surface area contributed by atoms with Crippen LogP contribution in [-0.4, -0.2) is 39.2 Å². The number of pyridine rings is 1. The van der Waals surface area contributed by atoms with Crippen LogP contribution in [0.15, 0.2) is 29.8 Å². The number of ether oxygens (including phenoxy) is 2. The number of hydrogen-bond donors (Lipinski definition) is 4. The van der Waals surface area contributed by atoms with Gasteiger partial charge in [0.2, 0.25) is 12.2 Å². The van der Waals surface area contributed by atoms with Crippen LogP contribution < -0.4 is 19.7 Å². The van der Waals surface area contributed by atoms with Crippen molar-refractivity contribution in [2.45, 2.75) is 32.0 Å². The lowest BCUT2D eigenvalue weighted by atomic mass is 10.1. The minimum Gasteiger partial charge on any atom is -0.493 e. The highest BCUT2D eigenvalue weighted by Gasteiger charge is 2.38. The molecule has 36 heavy (non-hydrogen) atoms. The van der Waals surface area contributed by atoms with Gasteiger partial charge in [0.15, 0.2) is 23.7 Å². The summed E-state index contributed by atoms with van der Waals surface area (Å²) < 4.78 is 54.2. The molecule has 2 aliphatic rings. The van der Waals surface area contributed by atoms with Crippen molar-refractivity contribution in [2.24, 2.45) is 5.92 Å². The van der Waals surface area contributed by atoms with Gasteiger partial charge in [-0.1, -0.05) is 0 Å². The van der Waals surface area contributed by atoms with E-state index in [1.807, 2.05) is 0 Å². The third-order valence-corrected chi connectivity index (χ3v) is 6.85. The number of benzene rings is 1. The lowest BCUT2D eigenvalue weighted by Gasteiger charge is -2.39. The molecule has 2 aromatic heterocycles. The molecular formula is C23H20F3N3O6S. The molecule has 0 amide bonds. The zero-order valence-electron chi connectivity index (χ0n) is 18.5. The van der Waals surface area contributed by atoms with Crippen molar-refractivity contribution < 1.29 is 42.8 Å². The van der Waals surface area contributed by atoms with E-state index >= 15 is 0 Å². The first-order chi connectivity index (χ1) is 17.2. The number of aliphatic hydroxyl groups excluding tert-OH is 2. The van der Waals surface area contributed by atoms with Crippen molar-refractivity contribution in [1.29, 1.82) is 0 Å². The minimum absolute atomic E-state index is 0.0456. The number of aliphatic hydroxyl groups is 2. The second kappa shape index (κ2) is 9.48. The molecule has 9 nitrogen and oxygen atoms in total. The Labute approximate surface area is 206 Å². The van der Waals surface area contributed by atoms with Gasteiger partial charge in [-0.05, 0) is 30.9 Å². The summed E-state index contributed by atoms with van der Waals surface area (Å²) >= 11 is 0.834. The third-order valence-electron chi connectivity index (χ3n) is 5.87. The topological polar surface area (TPSA) is 124 Å². The number of anilines is 2. The molecule has 1 fully saturated rings. The van der Waals surface area contributed by atoms with Gasteiger partial charge in [-0.3, -0.25) is 4.90 Å². The number of aromatic carboxylic acids is 1. The normalized spacial score (nSPS) is 19.0. The molecule has 1 aliphatic heterocycles. The highest BCUT2D eigenvalue weighted by molar-refractivity contribution is 7.12. The number of carbonyl (C=O) groups is 1. The van der Waals surface area contributed by atoms with Crippen LogP contribution in [0.1, 0.15) is 39.9 Å². The molecule has 4 N–H and O–H groups in total. The first-order valence-electron chi connectivity index (χ1n) is 10.9. The molecule has 5 rings (SSSR count). The van der Waals surface area contributed by atoms with E-state index in [4.69, 9.17) is 9.47 Å². The number of hydrogen-bond acceptors (Lipinski definition) is 9. The Kier molecular flexibility index (Phi) is 6.36. The van der Waals surface area contributed by atoms with Crippen molar-refractivity contribution >= 4 is 28.7 Å². The smallest absolute Gasteiger partial charge is 0.346 e. The molecule has 3 heterocycles. The van der Waals surface area contributed by atoms with Crippen LogP contribution in [0.5, 0.6) is 11.6 Å². The predicted molar refractivity (Wildman–Crippen MR) is 121 cm³/mol. The van der Waals surface area contributed by atoms with Crippen LogP contribution in [-0.2, 0) is 6.61 Å². The number of fused-ring (bicyclic) bond motifs is 1. The summed E-state index contributed by atoms with van der Waals surface area (Å²) in [5, 5.41) is 34.7. The second-order valence-electron chi connectivity index (χ2n) is 8.35. The van der Waals surface area contributed by atoms with E-state index in [2.05, 4.69) is 10.3 Å². The van der Waals surface area contributed by atoms with Gasteiger partial charge in [-0.2, -0.15) is 0 Å². The standard InChI is InChI=1S/C23H20F3N3O6S/c24-12-3-4-16(34-7-10-1-2-10)11(19(12)26)8-35-17-5-15(13(25)6-27-17)29-21(30)18-14(28-23(29)33)9-36-20(18)22(31)32/h3-6,9-10,21,23,28,30,33H,1-2,7-8H2,(H,31,32). The van der Waals surface area contributed by atoms with Gasteiger partial charge >= 0.3 is 5.97 Å². The highest BCUT2D eigenvalue weighted by Crippen LogP contribution is 2.42. The number of nitrogens with one attached hydrogen (secondary N) is 1. The molecule has 0 radical (unpaired) electrons. The van der Waals surface area contributed by atoms with Crippen molar-refractivity contribution in [3.63, 3.8) is 0 Å². The van der Waals surface area contributed by atoms with E-state index < -0.39 is 42.6 Å². The summed E-state index contributed by atoms with van der Waals surface area (Å²) in [6.07, 6.45) is -0.584.